The van der Waals surface area contributed by atoms with E-state index in [2.05, 4.69) is 44.8 Å². The van der Waals surface area contributed by atoms with Crippen molar-refractivity contribution < 1.29 is 0 Å². The molecule has 0 saturated heterocycles. The molecule has 0 amide bonds. The quantitative estimate of drug-likeness (QED) is 0.684. The molecule has 1 aliphatic rings. The van der Waals surface area contributed by atoms with Crippen molar-refractivity contribution in [3.8, 4) is 0 Å². The molecule has 0 aromatic heterocycles. The summed E-state index contributed by atoms with van der Waals surface area (Å²) in [4.78, 5) is 2.72. The van der Waals surface area contributed by atoms with Crippen molar-refractivity contribution in [2.24, 2.45) is 5.92 Å². The van der Waals surface area contributed by atoms with Gasteiger partial charge in [-0.05, 0) is 38.6 Å². The van der Waals surface area contributed by atoms with Crippen LogP contribution in [-0.4, -0.2) is 36.1 Å². The zero-order valence-electron chi connectivity index (χ0n) is 11.8. The second-order valence-corrected chi connectivity index (χ2v) is 6.06. The van der Waals surface area contributed by atoms with Crippen LogP contribution in [0.25, 0.3) is 0 Å². The zero-order chi connectivity index (χ0) is 12.1. The summed E-state index contributed by atoms with van der Waals surface area (Å²) in [6, 6.07) is 2.19. The Balaban J connectivity index is 2.30. The summed E-state index contributed by atoms with van der Waals surface area (Å²) in [5, 5.41) is 3.55. The first-order chi connectivity index (χ1) is 7.50. The summed E-state index contributed by atoms with van der Waals surface area (Å²) in [5.74, 6) is 0.825. The van der Waals surface area contributed by atoms with Gasteiger partial charge >= 0.3 is 0 Å². The van der Waals surface area contributed by atoms with Gasteiger partial charge in [0.2, 0.25) is 0 Å². The average Bonchev–Trinajstić information content (AvgIpc) is 2.98. The first-order valence-corrected chi connectivity index (χ1v) is 6.99. The average molecular weight is 226 g/mol. The highest BCUT2D eigenvalue weighted by molar-refractivity contribution is 4.88. The molecule has 0 heterocycles. The number of hydrogen-bond donors (Lipinski definition) is 1. The van der Waals surface area contributed by atoms with E-state index in [1.807, 2.05) is 0 Å². The molecular formula is C14H30N2. The Morgan fingerprint density at radius 1 is 1.12 bits per heavy atom. The molecule has 1 rings (SSSR count). The van der Waals surface area contributed by atoms with E-state index in [-0.39, 0.29) is 0 Å². The molecule has 1 saturated carbocycles. The van der Waals surface area contributed by atoms with Crippen molar-refractivity contribution in [2.75, 3.05) is 13.1 Å². The Kier molecular flexibility index (Phi) is 5.77. The second kappa shape index (κ2) is 6.61. The maximum Gasteiger partial charge on any atom is 0.0195 e. The molecule has 0 aromatic carbocycles. The summed E-state index contributed by atoms with van der Waals surface area (Å²) >= 11 is 0. The smallest absolute Gasteiger partial charge is 0.0195 e. The lowest BCUT2D eigenvalue weighted by atomic mass is 10.1. The molecule has 2 heteroatoms. The fourth-order valence-corrected chi connectivity index (χ4v) is 2.10. The van der Waals surface area contributed by atoms with Gasteiger partial charge in [-0.2, -0.15) is 0 Å². The summed E-state index contributed by atoms with van der Waals surface area (Å²) in [7, 11) is 0. The topological polar surface area (TPSA) is 15.3 Å². The molecule has 1 N–H and O–H groups in total. The van der Waals surface area contributed by atoms with Gasteiger partial charge in [-0.15, -0.1) is 0 Å². The maximum absolute atomic E-state index is 3.55. The van der Waals surface area contributed by atoms with Gasteiger partial charge in [0.25, 0.3) is 0 Å². The number of hydrogen-bond acceptors (Lipinski definition) is 2. The highest BCUT2D eigenvalue weighted by Crippen LogP contribution is 2.29. The van der Waals surface area contributed by atoms with E-state index in [0.29, 0.717) is 12.1 Å². The summed E-state index contributed by atoms with van der Waals surface area (Å²) < 4.78 is 0. The molecule has 16 heavy (non-hydrogen) atoms. The molecule has 96 valence electrons. The largest absolute Gasteiger partial charge is 0.313 e. The van der Waals surface area contributed by atoms with Gasteiger partial charge in [0, 0.05) is 24.7 Å². The van der Waals surface area contributed by atoms with Gasteiger partial charge in [-0.3, -0.25) is 4.90 Å². The van der Waals surface area contributed by atoms with Crippen LogP contribution >= 0.6 is 0 Å². The second-order valence-electron chi connectivity index (χ2n) is 6.06. The lowest BCUT2D eigenvalue weighted by Gasteiger charge is -2.30. The normalized spacial score (nSPS) is 18.8. The van der Waals surface area contributed by atoms with Crippen molar-refractivity contribution in [3.63, 3.8) is 0 Å². The van der Waals surface area contributed by atoms with Crippen molar-refractivity contribution in [2.45, 2.75) is 72.0 Å². The van der Waals surface area contributed by atoms with Gasteiger partial charge < -0.3 is 5.32 Å². The van der Waals surface area contributed by atoms with Crippen LogP contribution in [0.1, 0.15) is 53.9 Å². The first kappa shape index (κ1) is 14.0. The maximum atomic E-state index is 3.55. The summed E-state index contributed by atoms with van der Waals surface area (Å²) in [5.41, 5.74) is 0. The first-order valence-electron chi connectivity index (χ1n) is 6.99. The zero-order valence-corrected chi connectivity index (χ0v) is 11.8. The number of nitrogens with zero attached hydrogens (tertiary/aromatic N) is 1. The number of nitrogens with one attached hydrogen (secondary N) is 1. The van der Waals surface area contributed by atoms with Crippen molar-refractivity contribution in [1.29, 1.82) is 0 Å². The van der Waals surface area contributed by atoms with Gasteiger partial charge in [-0.1, -0.05) is 27.7 Å². The molecule has 1 aliphatic carbocycles. The SMILES string of the molecule is CC(C)CCN(C(C)CNC(C)C)C1CC1. The van der Waals surface area contributed by atoms with E-state index < -0.39 is 0 Å². The minimum absolute atomic E-state index is 0.605. The molecule has 0 aromatic rings. The summed E-state index contributed by atoms with van der Waals surface area (Å²) in [6.45, 7) is 13.9. The minimum atomic E-state index is 0.605. The molecule has 2 nitrogen and oxygen atoms in total. The van der Waals surface area contributed by atoms with Crippen LogP contribution < -0.4 is 5.32 Å². The molecule has 0 spiro atoms. The van der Waals surface area contributed by atoms with Crippen molar-refractivity contribution >= 4 is 0 Å². The van der Waals surface area contributed by atoms with Crippen molar-refractivity contribution in [1.82, 2.24) is 10.2 Å². The Hall–Kier alpha value is -0.0800. The highest BCUT2D eigenvalue weighted by atomic mass is 15.2. The summed E-state index contributed by atoms with van der Waals surface area (Å²) in [6.07, 6.45) is 4.18. The van der Waals surface area contributed by atoms with Crippen LogP contribution in [0.15, 0.2) is 0 Å². The van der Waals surface area contributed by atoms with E-state index in [4.69, 9.17) is 0 Å². The third-order valence-corrected chi connectivity index (χ3v) is 3.37. The lowest BCUT2D eigenvalue weighted by molar-refractivity contribution is 0.182. The predicted molar refractivity (Wildman–Crippen MR) is 71.8 cm³/mol. The molecule has 0 radical (unpaired) electrons. The van der Waals surface area contributed by atoms with E-state index in [0.717, 1.165) is 18.5 Å². The van der Waals surface area contributed by atoms with Crippen LogP contribution in [0.5, 0.6) is 0 Å². The minimum Gasteiger partial charge on any atom is -0.313 e. The van der Waals surface area contributed by atoms with Crippen molar-refractivity contribution in [3.05, 3.63) is 0 Å². The Morgan fingerprint density at radius 2 is 1.75 bits per heavy atom. The fraction of sp³-hybridized carbons (Fsp3) is 1.00. The highest BCUT2D eigenvalue weighted by Gasteiger charge is 2.31. The van der Waals surface area contributed by atoms with Gasteiger partial charge in [0.1, 0.15) is 0 Å². The van der Waals surface area contributed by atoms with E-state index in [1.54, 1.807) is 0 Å². The molecule has 1 unspecified atom stereocenters. The van der Waals surface area contributed by atoms with Gasteiger partial charge in [0.15, 0.2) is 0 Å². The van der Waals surface area contributed by atoms with Crippen LogP contribution in [0, 0.1) is 5.92 Å². The molecular weight excluding hydrogens is 196 g/mol. The molecule has 1 fully saturated rings. The molecule has 0 bridgehead atoms. The fourth-order valence-electron chi connectivity index (χ4n) is 2.10. The molecule has 1 atom stereocenters. The standard InChI is InChI=1S/C14H30N2/c1-11(2)8-9-16(14-6-7-14)13(5)10-15-12(3)4/h11-15H,6-10H2,1-5H3. The lowest BCUT2D eigenvalue weighted by Crippen LogP contribution is -2.44. The van der Waals surface area contributed by atoms with Crippen LogP contribution in [0.3, 0.4) is 0 Å². The van der Waals surface area contributed by atoms with Gasteiger partial charge in [0.05, 0.1) is 0 Å². The van der Waals surface area contributed by atoms with E-state index in [1.165, 1.54) is 25.8 Å². The van der Waals surface area contributed by atoms with Crippen LogP contribution in [0.4, 0.5) is 0 Å². The monoisotopic (exact) mass is 226 g/mol. The van der Waals surface area contributed by atoms with E-state index >= 15 is 0 Å². The Labute approximate surface area is 102 Å². The Morgan fingerprint density at radius 3 is 2.19 bits per heavy atom. The third-order valence-electron chi connectivity index (χ3n) is 3.37. The number of rotatable bonds is 8. The predicted octanol–water partition coefficient (Wildman–Crippen LogP) is 2.88. The Bertz CT molecular complexity index is 185. The molecule has 0 aliphatic heterocycles. The van der Waals surface area contributed by atoms with Gasteiger partial charge in [-0.25, -0.2) is 0 Å². The van der Waals surface area contributed by atoms with Crippen LogP contribution in [-0.2, 0) is 0 Å². The van der Waals surface area contributed by atoms with Crippen LogP contribution in [0.2, 0.25) is 0 Å². The third kappa shape index (κ3) is 5.31. The van der Waals surface area contributed by atoms with E-state index in [9.17, 15) is 0 Å².